The van der Waals surface area contributed by atoms with Crippen molar-refractivity contribution < 1.29 is 8.42 Å². The fourth-order valence-electron chi connectivity index (χ4n) is 4.01. The monoisotopic (exact) mass is 341 g/mol. The molecule has 0 radical (unpaired) electrons. The second-order valence-corrected chi connectivity index (χ2v) is 9.10. The van der Waals surface area contributed by atoms with Gasteiger partial charge in [-0.2, -0.15) is 17.0 Å². The van der Waals surface area contributed by atoms with Gasteiger partial charge in [0, 0.05) is 39.3 Å². The molecule has 2 saturated heterocycles. The van der Waals surface area contributed by atoms with E-state index < -0.39 is 10.2 Å². The minimum atomic E-state index is -3.24. The lowest BCUT2D eigenvalue weighted by molar-refractivity contribution is 0.230. The Morgan fingerprint density at radius 3 is 2.30 bits per heavy atom. The lowest BCUT2D eigenvalue weighted by Gasteiger charge is -2.31. The van der Waals surface area contributed by atoms with E-state index in [0.29, 0.717) is 26.2 Å². The summed E-state index contributed by atoms with van der Waals surface area (Å²) in [5.41, 5.74) is 0. The zero-order valence-corrected chi connectivity index (χ0v) is 15.0. The smallest absolute Gasteiger partial charge is 0.282 e. The molecule has 2 heterocycles. The maximum absolute atomic E-state index is 12.8. The van der Waals surface area contributed by atoms with Crippen molar-refractivity contribution in [2.75, 3.05) is 45.8 Å². The van der Waals surface area contributed by atoms with Gasteiger partial charge in [-0.15, -0.1) is 0 Å². The molecule has 1 atom stereocenters. The van der Waals surface area contributed by atoms with Crippen molar-refractivity contribution in [1.82, 2.24) is 13.5 Å². The Labute approximate surface area is 141 Å². The zero-order chi connectivity index (χ0) is 16.1. The number of rotatable bonds is 4. The average Bonchev–Trinajstić information content (AvgIpc) is 2.83. The number of nitrogens with zero attached hydrogens (tertiary/aromatic N) is 3. The summed E-state index contributed by atoms with van der Waals surface area (Å²) in [7, 11) is -3.24. The standard InChI is InChI=1S/C17H31N3O2S/c21-23(22,19-11-5-2-6-12-19)20-13-7-10-18(14-15-20)16-17-8-3-1-4-9-17/h1,3,17H,2,4-16H2. The molecule has 1 aliphatic carbocycles. The molecule has 1 unspecified atom stereocenters. The van der Waals surface area contributed by atoms with Crippen LogP contribution < -0.4 is 0 Å². The van der Waals surface area contributed by atoms with Crippen LogP contribution in [0.1, 0.15) is 44.9 Å². The highest BCUT2D eigenvalue weighted by Crippen LogP contribution is 2.21. The molecule has 132 valence electrons. The molecule has 0 amide bonds. The summed E-state index contributed by atoms with van der Waals surface area (Å²) in [4.78, 5) is 2.48. The van der Waals surface area contributed by atoms with Crippen LogP contribution in [0.4, 0.5) is 0 Å². The van der Waals surface area contributed by atoms with E-state index >= 15 is 0 Å². The number of hydrogen-bond donors (Lipinski definition) is 0. The third-order valence-corrected chi connectivity index (χ3v) is 7.44. The van der Waals surface area contributed by atoms with Crippen molar-refractivity contribution in [3.8, 4) is 0 Å². The zero-order valence-electron chi connectivity index (χ0n) is 14.2. The summed E-state index contributed by atoms with van der Waals surface area (Å²) in [6.45, 7) is 5.79. The number of hydrogen-bond acceptors (Lipinski definition) is 3. The summed E-state index contributed by atoms with van der Waals surface area (Å²) < 4.78 is 29.1. The number of allylic oxidation sites excluding steroid dienone is 2. The fraction of sp³-hybridized carbons (Fsp3) is 0.882. The van der Waals surface area contributed by atoms with Crippen molar-refractivity contribution in [2.24, 2.45) is 5.92 Å². The molecule has 0 bridgehead atoms. The molecule has 0 aromatic rings. The van der Waals surface area contributed by atoms with E-state index in [4.69, 9.17) is 0 Å². The molecule has 3 aliphatic rings. The van der Waals surface area contributed by atoms with E-state index in [9.17, 15) is 8.42 Å². The van der Waals surface area contributed by atoms with Gasteiger partial charge < -0.3 is 4.90 Å². The van der Waals surface area contributed by atoms with Gasteiger partial charge in [0.15, 0.2) is 0 Å². The molecule has 0 spiro atoms. The Morgan fingerprint density at radius 2 is 1.57 bits per heavy atom. The first-order chi connectivity index (χ1) is 11.2. The van der Waals surface area contributed by atoms with Gasteiger partial charge in [-0.3, -0.25) is 0 Å². The van der Waals surface area contributed by atoms with Crippen LogP contribution in [0.2, 0.25) is 0 Å². The predicted octanol–water partition coefficient (Wildman–Crippen LogP) is 2.08. The molecule has 0 N–H and O–H groups in total. The molecule has 3 rings (SSSR count). The summed E-state index contributed by atoms with van der Waals surface area (Å²) in [6.07, 6.45) is 12.4. The third kappa shape index (κ3) is 4.56. The van der Waals surface area contributed by atoms with Crippen molar-refractivity contribution in [3.05, 3.63) is 12.2 Å². The second-order valence-electron chi connectivity index (χ2n) is 7.17. The molecular formula is C17H31N3O2S. The van der Waals surface area contributed by atoms with E-state index in [1.807, 2.05) is 0 Å². The van der Waals surface area contributed by atoms with Gasteiger partial charge >= 0.3 is 0 Å². The molecule has 6 heteroatoms. The highest BCUT2D eigenvalue weighted by molar-refractivity contribution is 7.86. The normalized spacial score (nSPS) is 29.5. The van der Waals surface area contributed by atoms with Crippen LogP contribution in [-0.4, -0.2) is 67.7 Å². The van der Waals surface area contributed by atoms with Crippen LogP contribution in [0.15, 0.2) is 12.2 Å². The van der Waals surface area contributed by atoms with E-state index in [-0.39, 0.29) is 0 Å². The molecular weight excluding hydrogens is 310 g/mol. The highest BCUT2D eigenvalue weighted by atomic mass is 32.2. The van der Waals surface area contributed by atoms with Gasteiger partial charge in [-0.1, -0.05) is 18.6 Å². The van der Waals surface area contributed by atoms with Gasteiger partial charge in [0.05, 0.1) is 0 Å². The second kappa shape index (κ2) is 8.10. The van der Waals surface area contributed by atoms with Crippen LogP contribution in [-0.2, 0) is 10.2 Å². The van der Waals surface area contributed by atoms with Crippen molar-refractivity contribution in [3.63, 3.8) is 0 Å². The third-order valence-electron chi connectivity index (χ3n) is 5.41. The van der Waals surface area contributed by atoms with Crippen molar-refractivity contribution in [1.29, 1.82) is 0 Å². The first-order valence-corrected chi connectivity index (χ1v) is 10.7. The largest absolute Gasteiger partial charge is 0.302 e. The molecule has 2 aliphatic heterocycles. The molecule has 0 aromatic heterocycles. The maximum Gasteiger partial charge on any atom is 0.282 e. The van der Waals surface area contributed by atoms with Gasteiger partial charge in [-0.25, -0.2) is 0 Å². The summed E-state index contributed by atoms with van der Waals surface area (Å²) in [5.74, 6) is 0.755. The van der Waals surface area contributed by atoms with E-state index in [1.165, 1.54) is 19.3 Å². The van der Waals surface area contributed by atoms with Crippen LogP contribution >= 0.6 is 0 Å². The Hall–Kier alpha value is -0.430. The highest BCUT2D eigenvalue weighted by Gasteiger charge is 2.32. The fourth-order valence-corrected chi connectivity index (χ4v) is 5.73. The van der Waals surface area contributed by atoms with Gasteiger partial charge in [-0.05, 0) is 51.0 Å². The lowest BCUT2D eigenvalue weighted by atomic mass is 9.94. The van der Waals surface area contributed by atoms with Gasteiger partial charge in [0.1, 0.15) is 0 Å². The first-order valence-electron chi connectivity index (χ1n) is 9.29. The quantitative estimate of drug-likeness (QED) is 0.736. The van der Waals surface area contributed by atoms with E-state index in [0.717, 1.165) is 51.2 Å². The summed E-state index contributed by atoms with van der Waals surface area (Å²) in [5, 5.41) is 0. The topological polar surface area (TPSA) is 43.9 Å². The summed E-state index contributed by atoms with van der Waals surface area (Å²) in [6, 6.07) is 0. The lowest BCUT2D eigenvalue weighted by Crippen LogP contribution is -2.47. The van der Waals surface area contributed by atoms with Gasteiger partial charge in [0.2, 0.25) is 0 Å². The van der Waals surface area contributed by atoms with Crippen molar-refractivity contribution in [2.45, 2.75) is 44.9 Å². The molecule has 0 saturated carbocycles. The Bertz CT molecular complexity index is 500. The van der Waals surface area contributed by atoms with Crippen LogP contribution in [0, 0.1) is 5.92 Å². The molecule has 2 fully saturated rings. The Kier molecular flexibility index (Phi) is 6.13. The van der Waals surface area contributed by atoms with Crippen LogP contribution in [0.3, 0.4) is 0 Å². The van der Waals surface area contributed by atoms with Crippen molar-refractivity contribution >= 4 is 10.2 Å². The molecule has 5 nitrogen and oxygen atoms in total. The number of piperidine rings is 1. The average molecular weight is 342 g/mol. The molecule has 23 heavy (non-hydrogen) atoms. The predicted molar refractivity (Wildman–Crippen MR) is 93.5 cm³/mol. The first kappa shape index (κ1) is 17.4. The van der Waals surface area contributed by atoms with Crippen LogP contribution in [0.5, 0.6) is 0 Å². The molecule has 0 aromatic carbocycles. The minimum absolute atomic E-state index is 0.654. The van der Waals surface area contributed by atoms with Crippen LogP contribution in [0.25, 0.3) is 0 Å². The summed E-state index contributed by atoms with van der Waals surface area (Å²) >= 11 is 0. The Morgan fingerprint density at radius 1 is 0.826 bits per heavy atom. The van der Waals surface area contributed by atoms with E-state index in [2.05, 4.69) is 17.1 Å². The minimum Gasteiger partial charge on any atom is -0.302 e. The van der Waals surface area contributed by atoms with E-state index in [1.54, 1.807) is 8.61 Å². The SMILES string of the molecule is O=S(=O)(N1CCCCC1)N1CCCN(CC2CC=CCC2)CC1. The maximum atomic E-state index is 12.8. The Balaban J connectivity index is 1.54. The van der Waals surface area contributed by atoms with Gasteiger partial charge in [0.25, 0.3) is 10.2 Å².